The van der Waals surface area contributed by atoms with Gasteiger partial charge in [-0.2, -0.15) is 0 Å². The van der Waals surface area contributed by atoms with E-state index in [0.29, 0.717) is 11.5 Å². The van der Waals surface area contributed by atoms with Crippen LogP contribution in [-0.4, -0.2) is 48.5 Å². The van der Waals surface area contributed by atoms with Crippen LogP contribution in [0.5, 0.6) is 0 Å². The SMILES string of the molecule is Cc1nccc(C(=O)N2CCCC2CCc2cncc(-c3c(C)noc3C)n2)n1. The van der Waals surface area contributed by atoms with Crippen molar-refractivity contribution in [3.8, 4) is 11.3 Å². The molecule has 0 bridgehead atoms. The second-order valence-electron chi connectivity index (χ2n) is 7.42. The molecular weight excluding hydrogens is 368 g/mol. The average molecular weight is 392 g/mol. The first-order valence-corrected chi connectivity index (χ1v) is 9.87. The summed E-state index contributed by atoms with van der Waals surface area (Å²) in [4.78, 5) is 32.3. The van der Waals surface area contributed by atoms with E-state index in [9.17, 15) is 4.79 Å². The summed E-state index contributed by atoms with van der Waals surface area (Å²) in [6.45, 7) is 6.33. The monoisotopic (exact) mass is 392 g/mol. The number of hydrogen-bond acceptors (Lipinski definition) is 7. The molecule has 0 spiro atoms. The van der Waals surface area contributed by atoms with E-state index in [4.69, 9.17) is 9.51 Å². The zero-order valence-corrected chi connectivity index (χ0v) is 16.9. The molecule has 1 aliphatic heterocycles. The Morgan fingerprint density at radius 3 is 2.86 bits per heavy atom. The molecule has 1 saturated heterocycles. The summed E-state index contributed by atoms with van der Waals surface area (Å²) in [5, 5.41) is 4.00. The summed E-state index contributed by atoms with van der Waals surface area (Å²) < 4.78 is 5.25. The summed E-state index contributed by atoms with van der Waals surface area (Å²) in [5.41, 5.74) is 3.84. The molecule has 29 heavy (non-hydrogen) atoms. The molecule has 3 aromatic rings. The van der Waals surface area contributed by atoms with Gasteiger partial charge in [0.2, 0.25) is 0 Å². The molecular formula is C21H24N6O2. The third kappa shape index (κ3) is 4.01. The number of rotatable bonds is 5. The van der Waals surface area contributed by atoms with E-state index in [2.05, 4.69) is 20.1 Å². The molecule has 1 amide bonds. The molecule has 150 valence electrons. The van der Waals surface area contributed by atoms with Crippen LogP contribution in [0.2, 0.25) is 0 Å². The van der Waals surface area contributed by atoms with Gasteiger partial charge in [-0.3, -0.25) is 9.78 Å². The van der Waals surface area contributed by atoms with Crippen LogP contribution in [0, 0.1) is 20.8 Å². The molecule has 0 aromatic carbocycles. The summed E-state index contributed by atoms with van der Waals surface area (Å²) in [7, 11) is 0. The molecule has 8 heteroatoms. The number of aromatic nitrogens is 5. The van der Waals surface area contributed by atoms with E-state index in [-0.39, 0.29) is 11.9 Å². The summed E-state index contributed by atoms with van der Waals surface area (Å²) in [6.07, 6.45) is 8.75. The zero-order valence-electron chi connectivity index (χ0n) is 16.9. The van der Waals surface area contributed by atoms with Gasteiger partial charge in [-0.05, 0) is 52.5 Å². The first-order valence-electron chi connectivity index (χ1n) is 9.87. The maximum Gasteiger partial charge on any atom is 0.272 e. The molecule has 3 aromatic heterocycles. The van der Waals surface area contributed by atoms with E-state index in [0.717, 1.165) is 60.6 Å². The maximum atomic E-state index is 12.9. The fraction of sp³-hybridized carbons (Fsp3) is 0.429. The van der Waals surface area contributed by atoms with E-state index in [1.54, 1.807) is 31.6 Å². The van der Waals surface area contributed by atoms with Crippen LogP contribution < -0.4 is 0 Å². The standard InChI is InChI=1S/C21H24N6O2/c1-13-20(14(2)29-26-13)19-12-22-11-16(25-19)6-7-17-5-4-10-27(17)21(28)18-8-9-23-15(3)24-18/h8-9,11-12,17H,4-7,10H2,1-3H3. The molecule has 8 nitrogen and oxygen atoms in total. The third-order valence-corrected chi connectivity index (χ3v) is 5.34. The lowest BCUT2D eigenvalue weighted by atomic mass is 10.1. The number of hydrogen-bond donors (Lipinski definition) is 0. The minimum Gasteiger partial charge on any atom is -0.361 e. The van der Waals surface area contributed by atoms with Crippen molar-refractivity contribution in [1.29, 1.82) is 0 Å². The predicted molar refractivity (Wildman–Crippen MR) is 106 cm³/mol. The lowest BCUT2D eigenvalue weighted by Gasteiger charge is -2.24. The van der Waals surface area contributed by atoms with E-state index in [1.807, 2.05) is 18.7 Å². The van der Waals surface area contributed by atoms with Gasteiger partial charge in [0, 0.05) is 25.0 Å². The van der Waals surface area contributed by atoms with Crippen molar-refractivity contribution in [3.05, 3.63) is 53.3 Å². The minimum atomic E-state index is -0.0199. The molecule has 0 radical (unpaired) electrons. The van der Waals surface area contributed by atoms with Gasteiger partial charge in [-0.25, -0.2) is 15.0 Å². The van der Waals surface area contributed by atoms with Crippen LogP contribution in [0.15, 0.2) is 29.2 Å². The molecule has 1 aliphatic rings. The number of carbonyl (C=O) groups is 1. The Balaban J connectivity index is 1.46. The lowest BCUT2D eigenvalue weighted by molar-refractivity contribution is 0.0724. The molecule has 1 unspecified atom stereocenters. The fourth-order valence-corrected chi connectivity index (χ4v) is 3.94. The van der Waals surface area contributed by atoms with Crippen molar-refractivity contribution in [3.63, 3.8) is 0 Å². The van der Waals surface area contributed by atoms with Gasteiger partial charge in [0.05, 0.1) is 28.8 Å². The van der Waals surface area contributed by atoms with Crippen molar-refractivity contribution >= 4 is 5.91 Å². The topological polar surface area (TPSA) is 97.9 Å². The van der Waals surface area contributed by atoms with E-state index < -0.39 is 0 Å². The summed E-state index contributed by atoms with van der Waals surface area (Å²) >= 11 is 0. The van der Waals surface area contributed by atoms with E-state index >= 15 is 0 Å². The van der Waals surface area contributed by atoms with Gasteiger partial charge in [-0.1, -0.05) is 5.16 Å². The van der Waals surface area contributed by atoms with Gasteiger partial charge >= 0.3 is 0 Å². The molecule has 4 heterocycles. The average Bonchev–Trinajstić information content (AvgIpc) is 3.32. The second-order valence-corrected chi connectivity index (χ2v) is 7.42. The molecule has 4 rings (SSSR count). The third-order valence-electron chi connectivity index (χ3n) is 5.34. The van der Waals surface area contributed by atoms with Crippen molar-refractivity contribution in [2.45, 2.75) is 52.5 Å². The zero-order chi connectivity index (χ0) is 20.4. The normalized spacial score (nSPS) is 16.4. The van der Waals surface area contributed by atoms with Gasteiger partial charge in [-0.15, -0.1) is 0 Å². The van der Waals surface area contributed by atoms with Crippen LogP contribution in [0.4, 0.5) is 0 Å². The highest BCUT2D eigenvalue weighted by atomic mass is 16.5. The Hall–Kier alpha value is -3.16. The predicted octanol–water partition coefficient (Wildman–Crippen LogP) is 3.08. The van der Waals surface area contributed by atoms with Crippen LogP contribution in [0.3, 0.4) is 0 Å². The van der Waals surface area contributed by atoms with Crippen molar-refractivity contribution in [2.24, 2.45) is 0 Å². The first kappa shape index (κ1) is 19.2. The van der Waals surface area contributed by atoms with Crippen molar-refractivity contribution in [2.75, 3.05) is 6.54 Å². The minimum absolute atomic E-state index is 0.0199. The first-order chi connectivity index (χ1) is 14.0. The molecule has 1 atom stereocenters. The van der Waals surface area contributed by atoms with E-state index in [1.165, 1.54) is 0 Å². The number of likely N-dealkylation sites (tertiary alicyclic amines) is 1. The Labute approximate surface area is 169 Å². The highest BCUT2D eigenvalue weighted by Crippen LogP contribution is 2.26. The van der Waals surface area contributed by atoms with Crippen LogP contribution >= 0.6 is 0 Å². The van der Waals surface area contributed by atoms with Gasteiger partial charge in [0.1, 0.15) is 17.3 Å². The summed E-state index contributed by atoms with van der Waals surface area (Å²) in [6, 6.07) is 1.87. The Bertz CT molecular complexity index is 1010. The van der Waals surface area contributed by atoms with Crippen molar-refractivity contribution < 1.29 is 9.32 Å². The van der Waals surface area contributed by atoms with Gasteiger partial charge in [0.25, 0.3) is 5.91 Å². The largest absolute Gasteiger partial charge is 0.361 e. The molecule has 0 N–H and O–H groups in total. The van der Waals surface area contributed by atoms with Crippen LogP contribution in [0.1, 0.15) is 52.7 Å². The Morgan fingerprint density at radius 1 is 1.24 bits per heavy atom. The molecule has 0 saturated carbocycles. The highest BCUT2D eigenvalue weighted by Gasteiger charge is 2.30. The molecule has 1 fully saturated rings. The Kier molecular flexibility index (Phi) is 5.33. The Morgan fingerprint density at radius 2 is 2.10 bits per heavy atom. The fourth-order valence-electron chi connectivity index (χ4n) is 3.94. The number of carbonyl (C=O) groups excluding carboxylic acids is 1. The maximum absolute atomic E-state index is 12.9. The number of nitrogens with zero attached hydrogens (tertiary/aromatic N) is 6. The second kappa shape index (κ2) is 8.06. The summed E-state index contributed by atoms with van der Waals surface area (Å²) in [5.74, 6) is 1.33. The van der Waals surface area contributed by atoms with Crippen LogP contribution in [-0.2, 0) is 6.42 Å². The smallest absolute Gasteiger partial charge is 0.272 e. The lowest BCUT2D eigenvalue weighted by Crippen LogP contribution is -2.36. The van der Waals surface area contributed by atoms with Gasteiger partial charge in [0.15, 0.2) is 0 Å². The van der Waals surface area contributed by atoms with Crippen LogP contribution in [0.25, 0.3) is 11.3 Å². The van der Waals surface area contributed by atoms with Gasteiger partial charge < -0.3 is 9.42 Å². The van der Waals surface area contributed by atoms with Crippen molar-refractivity contribution in [1.82, 2.24) is 30.0 Å². The quantitative estimate of drug-likeness (QED) is 0.658. The highest BCUT2D eigenvalue weighted by molar-refractivity contribution is 5.92. The number of amides is 1. The number of aryl methyl sites for hydroxylation is 4. The molecule has 0 aliphatic carbocycles.